The molecule has 4 atom stereocenters. The summed E-state index contributed by atoms with van der Waals surface area (Å²) < 4.78 is 0. The maximum absolute atomic E-state index is 12.4. The van der Waals surface area contributed by atoms with Gasteiger partial charge < -0.3 is 25.7 Å². The molecule has 0 saturated heterocycles. The zero-order chi connectivity index (χ0) is 30.4. The van der Waals surface area contributed by atoms with Gasteiger partial charge in [-0.3, -0.25) is 4.79 Å². The van der Waals surface area contributed by atoms with Crippen molar-refractivity contribution in [2.45, 2.75) is 186 Å². The van der Waals surface area contributed by atoms with Crippen molar-refractivity contribution in [3.05, 3.63) is 24.3 Å². The third-order valence-electron chi connectivity index (χ3n) is 7.88. The summed E-state index contributed by atoms with van der Waals surface area (Å²) in [5.41, 5.74) is 0. The molecule has 0 rings (SSSR count). The lowest BCUT2D eigenvalue weighted by atomic mass is 10.00. The maximum Gasteiger partial charge on any atom is 0.249 e. The first-order valence-electron chi connectivity index (χ1n) is 17.2. The molecule has 0 bridgehead atoms. The molecule has 0 aromatic rings. The highest BCUT2D eigenvalue weighted by Gasteiger charge is 2.28. The van der Waals surface area contributed by atoms with Crippen molar-refractivity contribution >= 4 is 5.91 Å². The molecule has 0 aliphatic heterocycles. The molecule has 0 saturated carbocycles. The van der Waals surface area contributed by atoms with Crippen LogP contribution in [0.1, 0.15) is 162 Å². The van der Waals surface area contributed by atoms with Gasteiger partial charge in [0.05, 0.1) is 18.8 Å². The second-order valence-electron chi connectivity index (χ2n) is 11.8. The van der Waals surface area contributed by atoms with Crippen molar-refractivity contribution in [2.75, 3.05) is 6.61 Å². The Morgan fingerprint density at radius 2 is 1.00 bits per heavy atom. The number of carbonyl (C=O) groups is 1. The molecular formula is C35H67NO5. The van der Waals surface area contributed by atoms with E-state index in [1.807, 2.05) is 0 Å². The van der Waals surface area contributed by atoms with Gasteiger partial charge in [-0.05, 0) is 64.2 Å². The van der Waals surface area contributed by atoms with Crippen LogP contribution in [0.2, 0.25) is 0 Å². The van der Waals surface area contributed by atoms with Gasteiger partial charge in [0, 0.05) is 0 Å². The van der Waals surface area contributed by atoms with E-state index in [1.165, 1.54) is 83.5 Å². The van der Waals surface area contributed by atoms with Gasteiger partial charge in [-0.15, -0.1) is 0 Å². The number of carbonyl (C=O) groups excluding carboxylic acids is 1. The van der Waals surface area contributed by atoms with Crippen LogP contribution in [0.3, 0.4) is 0 Å². The number of amides is 1. The molecule has 0 radical (unpaired) electrons. The minimum Gasteiger partial charge on any atom is -0.394 e. The van der Waals surface area contributed by atoms with Crippen molar-refractivity contribution in [1.29, 1.82) is 0 Å². The number of allylic oxidation sites excluding steroid dienone is 4. The van der Waals surface area contributed by atoms with Crippen LogP contribution in [-0.4, -0.2) is 57.3 Å². The standard InChI is InChI=1S/C35H67NO5/c1-3-5-7-9-11-13-15-16-17-18-19-21-23-25-27-29-33(39)35(41)36-31(30-37)34(40)32(38)28-26-24-22-20-14-12-10-8-6-4-2/h17-18,20,22,31-34,37-40H,3-16,19,21,23-30H2,1-2H3,(H,36,41)/b18-17-,22-20+. The molecule has 0 spiro atoms. The highest BCUT2D eigenvalue weighted by molar-refractivity contribution is 5.80. The fourth-order valence-electron chi connectivity index (χ4n) is 5.04. The lowest BCUT2D eigenvalue weighted by Gasteiger charge is -2.27. The Hall–Kier alpha value is -1.21. The van der Waals surface area contributed by atoms with Gasteiger partial charge in [0.25, 0.3) is 0 Å². The van der Waals surface area contributed by atoms with Crippen LogP contribution < -0.4 is 5.32 Å². The fraction of sp³-hybridized carbons (Fsp3) is 0.857. The summed E-state index contributed by atoms with van der Waals surface area (Å²) >= 11 is 0. The van der Waals surface area contributed by atoms with Crippen molar-refractivity contribution in [1.82, 2.24) is 5.32 Å². The van der Waals surface area contributed by atoms with Gasteiger partial charge >= 0.3 is 0 Å². The smallest absolute Gasteiger partial charge is 0.249 e. The Bertz CT molecular complexity index is 624. The molecule has 0 aliphatic carbocycles. The average Bonchev–Trinajstić information content (AvgIpc) is 2.98. The van der Waals surface area contributed by atoms with E-state index in [1.54, 1.807) is 0 Å². The van der Waals surface area contributed by atoms with E-state index in [2.05, 4.69) is 43.5 Å². The maximum atomic E-state index is 12.4. The second kappa shape index (κ2) is 30.3. The predicted molar refractivity (Wildman–Crippen MR) is 173 cm³/mol. The molecule has 0 heterocycles. The molecule has 4 unspecified atom stereocenters. The van der Waals surface area contributed by atoms with Crippen molar-refractivity contribution in [2.24, 2.45) is 0 Å². The summed E-state index contributed by atoms with van der Waals surface area (Å²) in [6.07, 6.45) is 30.6. The highest BCUT2D eigenvalue weighted by atomic mass is 16.3. The Morgan fingerprint density at radius 1 is 0.585 bits per heavy atom. The van der Waals surface area contributed by atoms with Gasteiger partial charge in [0.1, 0.15) is 12.2 Å². The number of unbranched alkanes of at least 4 members (excludes halogenated alkanes) is 17. The summed E-state index contributed by atoms with van der Waals surface area (Å²) in [6, 6.07) is -1.00. The molecule has 0 aromatic carbocycles. The van der Waals surface area contributed by atoms with E-state index in [9.17, 15) is 25.2 Å². The Labute approximate surface area is 253 Å². The Balaban J connectivity index is 3.91. The van der Waals surface area contributed by atoms with E-state index in [-0.39, 0.29) is 0 Å². The van der Waals surface area contributed by atoms with Crippen LogP contribution in [0.5, 0.6) is 0 Å². The lowest BCUT2D eigenvalue weighted by Crippen LogP contribution is -2.53. The van der Waals surface area contributed by atoms with Gasteiger partial charge in [0.2, 0.25) is 5.91 Å². The number of rotatable bonds is 30. The molecule has 0 aliphatic rings. The third-order valence-corrected chi connectivity index (χ3v) is 7.88. The zero-order valence-corrected chi connectivity index (χ0v) is 26.8. The quantitative estimate of drug-likeness (QED) is 0.0442. The van der Waals surface area contributed by atoms with E-state index >= 15 is 0 Å². The largest absolute Gasteiger partial charge is 0.394 e. The van der Waals surface area contributed by atoms with Crippen LogP contribution in [-0.2, 0) is 4.79 Å². The number of nitrogens with one attached hydrogen (secondary N) is 1. The normalized spacial score (nSPS) is 15.0. The van der Waals surface area contributed by atoms with Crippen LogP contribution in [0.25, 0.3) is 0 Å². The highest BCUT2D eigenvalue weighted by Crippen LogP contribution is 2.13. The first kappa shape index (κ1) is 39.8. The van der Waals surface area contributed by atoms with Gasteiger partial charge in [-0.2, -0.15) is 0 Å². The molecule has 6 nitrogen and oxygen atoms in total. The number of aliphatic hydroxyl groups is 4. The summed E-state index contributed by atoms with van der Waals surface area (Å²) in [6.45, 7) is 3.97. The first-order valence-corrected chi connectivity index (χ1v) is 17.2. The second-order valence-corrected chi connectivity index (χ2v) is 11.8. The van der Waals surface area contributed by atoms with Crippen LogP contribution in [0.4, 0.5) is 0 Å². The van der Waals surface area contributed by atoms with E-state index < -0.39 is 36.9 Å². The minimum absolute atomic E-state index is 0.349. The van der Waals surface area contributed by atoms with Crippen LogP contribution in [0.15, 0.2) is 24.3 Å². The van der Waals surface area contributed by atoms with Crippen LogP contribution >= 0.6 is 0 Å². The van der Waals surface area contributed by atoms with Crippen molar-refractivity contribution in [3.63, 3.8) is 0 Å². The van der Waals surface area contributed by atoms with Gasteiger partial charge in [0.15, 0.2) is 0 Å². The topological polar surface area (TPSA) is 110 Å². The molecule has 0 fully saturated rings. The molecular weight excluding hydrogens is 514 g/mol. The average molecular weight is 582 g/mol. The van der Waals surface area contributed by atoms with E-state index in [4.69, 9.17) is 0 Å². The van der Waals surface area contributed by atoms with Gasteiger partial charge in [-0.25, -0.2) is 0 Å². The lowest BCUT2D eigenvalue weighted by molar-refractivity contribution is -0.132. The molecule has 242 valence electrons. The van der Waals surface area contributed by atoms with Crippen molar-refractivity contribution < 1.29 is 25.2 Å². The summed E-state index contributed by atoms with van der Waals surface area (Å²) in [4.78, 5) is 12.4. The summed E-state index contributed by atoms with van der Waals surface area (Å²) in [5, 5.41) is 43.2. The van der Waals surface area contributed by atoms with E-state index in [0.717, 1.165) is 44.9 Å². The van der Waals surface area contributed by atoms with E-state index in [0.29, 0.717) is 19.3 Å². The SMILES string of the molecule is CCCCCCC/C=C/CCCC(O)C(O)C(CO)NC(=O)C(O)CCCCCC/C=C\CCCCCCCCC. The Kier molecular flexibility index (Phi) is 29.4. The Morgan fingerprint density at radius 3 is 1.46 bits per heavy atom. The minimum atomic E-state index is -1.28. The number of aliphatic hydroxyl groups excluding tert-OH is 4. The number of hydrogen-bond acceptors (Lipinski definition) is 5. The molecule has 5 N–H and O–H groups in total. The van der Waals surface area contributed by atoms with Crippen LogP contribution in [0, 0.1) is 0 Å². The van der Waals surface area contributed by atoms with Gasteiger partial charge in [-0.1, -0.05) is 122 Å². The van der Waals surface area contributed by atoms with Crippen molar-refractivity contribution in [3.8, 4) is 0 Å². The predicted octanol–water partition coefficient (Wildman–Crippen LogP) is 7.67. The molecule has 1 amide bonds. The molecule has 41 heavy (non-hydrogen) atoms. The summed E-state index contributed by atoms with van der Waals surface area (Å²) in [5.74, 6) is -0.606. The number of hydrogen-bond donors (Lipinski definition) is 5. The monoisotopic (exact) mass is 582 g/mol. The molecule has 0 aromatic heterocycles. The fourth-order valence-corrected chi connectivity index (χ4v) is 5.04. The molecule has 6 heteroatoms. The summed E-state index contributed by atoms with van der Waals surface area (Å²) in [7, 11) is 0. The third kappa shape index (κ3) is 25.0. The first-order chi connectivity index (χ1) is 20.0. The zero-order valence-electron chi connectivity index (χ0n) is 26.8.